The summed E-state index contributed by atoms with van der Waals surface area (Å²) in [5.41, 5.74) is 0.628. The van der Waals surface area contributed by atoms with Gasteiger partial charge < -0.3 is 0 Å². The highest BCUT2D eigenvalue weighted by Crippen LogP contribution is 2.33. The number of nitrogens with zero attached hydrogens (tertiary/aromatic N) is 1. The van der Waals surface area contributed by atoms with Gasteiger partial charge in [-0.2, -0.15) is 4.31 Å². The highest BCUT2D eigenvalue weighted by atomic mass is 32.2. The molecule has 21 heavy (non-hydrogen) atoms. The van der Waals surface area contributed by atoms with Gasteiger partial charge in [0.1, 0.15) is 0 Å². The van der Waals surface area contributed by atoms with E-state index in [4.69, 9.17) is 0 Å². The second-order valence-corrected chi connectivity index (χ2v) is 8.21. The van der Waals surface area contributed by atoms with Crippen LogP contribution in [0.1, 0.15) is 43.0 Å². The number of piperidine rings is 1. The van der Waals surface area contributed by atoms with E-state index in [-0.39, 0.29) is 11.7 Å². The quantitative estimate of drug-likeness (QED) is 0.804. The molecule has 3 rings (SSSR count). The molecule has 1 unspecified atom stereocenters. The third-order valence-electron chi connectivity index (χ3n) is 4.34. The minimum Gasteiger partial charge on any atom is -0.294 e. The second kappa shape index (κ2) is 5.54. The largest absolute Gasteiger partial charge is 0.294 e. The Bertz CT molecular complexity index is 632. The number of rotatable bonds is 4. The summed E-state index contributed by atoms with van der Waals surface area (Å²) < 4.78 is 26.8. The summed E-state index contributed by atoms with van der Waals surface area (Å²) in [5, 5.41) is 0. The van der Waals surface area contributed by atoms with Gasteiger partial charge in [0, 0.05) is 24.6 Å². The molecule has 5 heteroatoms. The van der Waals surface area contributed by atoms with Gasteiger partial charge in [-0.1, -0.05) is 19.1 Å². The van der Waals surface area contributed by atoms with Gasteiger partial charge in [-0.25, -0.2) is 8.42 Å². The molecule has 0 spiro atoms. The van der Waals surface area contributed by atoms with Crippen LogP contribution in [0.15, 0.2) is 29.2 Å². The van der Waals surface area contributed by atoms with E-state index in [1.807, 2.05) is 0 Å². The molecule has 2 fully saturated rings. The molecule has 0 bridgehead atoms. The van der Waals surface area contributed by atoms with Gasteiger partial charge >= 0.3 is 0 Å². The number of benzene rings is 1. The normalized spacial score (nSPS) is 24.0. The van der Waals surface area contributed by atoms with Gasteiger partial charge in [0.05, 0.1) is 4.90 Å². The maximum absolute atomic E-state index is 12.6. The molecule has 1 aliphatic carbocycles. The molecule has 1 aromatic carbocycles. The lowest BCUT2D eigenvalue weighted by Crippen LogP contribution is -2.39. The zero-order valence-electron chi connectivity index (χ0n) is 12.3. The predicted molar refractivity (Wildman–Crippen MR) is 80.7 cm³/mol. The first-order valence-electron chi connectivity index (χ1n) is 7.63. The van der Waals surface area contributed by atoms with E-state index in [9.17, 15) is 13.2 Å². The van der Waals surface area contributed by atoms with E-state index < -0.39 is 10.0 Å². The number of ketones is 1. The van der Waals surface area contributed by atoms with Crippen molar-refractivity contribution in [3.8, 4) is 0 Å². The van der Waals surface area contributed by atoms with Crippen molar-refractivity contribution >= 4 is 15.8 Å². The number of Topliss-reactive ketones (excluding diaryl/α,β-unsaturated/α-hetero) is 1. The van der Waals surface area contributed by atoms with E-state index in [1.54, 1.807) is 28.6 Å². The Morgan fingerprint density at radius 2 is 1.81 bits per heavy atom. The Labute approximate surface area is 126 Å². The van der Waals surface area contributed by atoms with Gasteiger partial charge in [-0.3, -0.25) is 4.79 Å². The highest BCUT2D eigenvalue weighted by molar-refractivity contribution is 7.89. The molecule has 0 amide bonds. The minimum atomic E-state index is -3.42. The predicted octanol–water partition coefficient (Wildman–Crippen LogP) is 2.70. The average molecular weight is 307 g/mol. The van der Waals surface area contributed by atoms with Crippen LogP contribution in [-0.2, 0) is 10.0 Å². The van der Waals surface area contributed by atoms with E-state index in [1.165, 1.54) is 0 Å². The van der Waals surface area contributed by atoms with Crippen LogP contribution in [0.25, 0.3) is 0 Å². The molecule has 2 aliphatic rings. The molecule has 1 aliphatic heterocycles. The summed E-state index contributed by atoms with van der Waals surface area (Å²) in [6, 6.07) is 6.45. The van der Waals surface area contributed by atoms with Gasteiger partial charge in [-0.05, 0) is 43.7 Å². The van der Waals surface area contributed by atoms with Crippen LogP contribution < -0.4 is 0 Å². The molecule has 1 heterocycles. The lowest BCUT2D eigenvalue weighted by molar-refractivity contribution is 0.0967. The Hall–Kier alpha value is -1.20. The van der Waals surface area contributed by atoms with Crippen molar-refractivity contribution in [1.82, 2.24) is 4.31 Å². The van der Waals surface area contributed by atoms with Crippen molar-refractivity contribution < 1.29 is 13.2 Å². The highest BCUT2D eigenvalue weighted by Gasteiger charge is 2.31. The molecule has 114 valence electrons. The topological polar surface area (TPSA) is 54.5 Å². The van der Waals surface area contributed by atoms with Crippen LogP contribution in [-0.4, -0.2) is 31.6 Å². The number of carbonyl (C=O) groups excluding carboxylic acids is 1. The minimum absolute atomic E-state index is 0.144. The SMILES string of the molecule is CC1CCCN(S(=O)(=O)c2ccc(C(=O)C3CC3)cc2)C1. The van der Waals surface area contributed by atoms with Crippen LogP contribution in [0.5, 0.6) is 0 Å². The fourth-order valence-corrected chi connectivity index (χ4v) is 4.48. The molecular formula is C16H21NO3S. The van der Waals surface area contributed by atoms with Crippen molar-refractivity contribution in [2.45, 2.75) is 37.5 Å². The molecule has 0 radical (unpaired) electrons. The van der Waals surface area contributed by atoms with Crippen LogP contribution in [0.4, 0.5) is 0 Å². The number of sulfonamides is 1. The summed E-state index contributed by atoms with van der Waals surface area (Å²) in [5.74, 6) is 0.713. The van der Waals surface area contributed by atoms with Gasteiger partial charge in [0.25, 0.3) is 0 Å². The van der Waals surface area contributed by atoms with Crippen molar-refractivity contribution in [3.05, 3.63) is 29.8 Å². The molecule has 4 nitrogen and oxygen atoms in total. The lowest BCUT2D eigenvalue weighted by Gasteiger charge is -2.30. The van der Waals surface area contributed by atoms with Crippen LogP contribution in [0.3, 0.4) is 0 Å². The molecular weight excluding hydrogens is 286 g/mol. The lowest BCUT2D eigenvalue weighted by atomic mass is 10.0. The fraction of sp³-hybridized carbons (Fsp3) is 0.562. The van der Waals surface area contributed by atoms with Crippen molar-refractivity contribution in [2.24, 2.45) is 11.8 Å². The van der Waals surface area contributed by atoms with E-state index >= 15 is 0 Å². The van der Waals surface area contributed by atoms with Crippen molar-refractivity contribution in [2.75, 3.05) is 13.1 Å². The maximum atomic E-state index is 12.6. The molecule has 1 saturated carbocycles. The standard InChI is InChI=1S/C16H21NO3S/c1-12-3-2-10-17(11-12)21(19,20)15-8-6-14(7-9-15)16(18)13-4-5-13/h6-9,12-13H,2-5,10-11H2,1H3. The Kier molecular flexibility index (Phi) is 3.88. The smallest absolute Gasteiger partial charge is 0.243 e. The number of hydrogen-bond acceptors (Lipinski definition) is 3. The zero-order chi connectivity index (χ0) is 15.0. The van der Waals surface area contributed by atoms with Gasteiger partial charge in [0.15, 0.2) is 5.78 Å². The monoisotopic (exact) mass is 307 g/mol. The first-order chi connectivity index (χ1) is 9.98. The second-order valence-electron chi connectivity index (χ2n) is 6.27. The fourth-order valence-electron chi connectivity index (χ4n) is 2.89. The van der Waals surface area contributed by atoms with Crippen molar-refractivity contribution in [3.63, 3.8) is 0 Å². The molecule has 0 N–H and O–H groups in total. The van der Waals surface area contributed by atoms with Crippen LogP contribution in [0, 0.1) is 11.8 Å². The Morgan fingerprint density at radius 3 is 2.38 bits per heavy atom. The molecule has 1 aromatic rings. The Morgan fingerprint density at radius 1 is 1.14 bits per heavy atom. The van der Waals surface area contributed by atoms with E-state index in [2.05, 4.69) is 6.92 Å². The molecule has 0 aromatic heterocycles. The zero-order valence-corrected chi connectivity index (χ0v) is 13.1. The number of carbonyl (C=O) groups is 1. The molecule has 1 atom stereocenters. The number of hydrogen-bond donors (Lipinski definition) is 0. The average Bonchev–Trinajstić information content (AvgIpc) is 3.31. The van der Waals surface area contributed by atoms with Gasteiger partial charge in [-0.15, -0.1) is 0 Å². The Balaban J connectivity index is 1.80. The summed E-state index contributed by atoms with van der Waals surface area (Å²) in [6.07, 6.45) is 3.93. The maximum Gasteiger partial charge on any atom is 0.243 e. The molecule has 1 saturated heterocycles. The summed E-state index contributed by atoms with van der Waals surface area (Å²) in [4.78, 5) is 12.2. The van der Waals surface area contributed by atoms with Crippen molar-refractivity contribution in [1.29, 1.82) is 0 Å². The van der Waals surface area contributed by atoms with E-state index in [0.29, 0.717) is 29.5 Å². The van der Waals surface area contributed by atoms with Gasteiger partial charge in [0.2, 0.25) is 10.0 Å². The summed E-state index contributed by atoms with van der Waals surface area (Å²) >= 11 is 0. The third kappa shape index (κ3) is 3.04. The van der Waals surface area contributed by atoms with Crippen LogP contribution in [0.2, 0.25) is 0 Å². The van der Waals surface area contributed by atoms with Crippen LogP contribution >= 0.6 is 0 Å². The van der Waals surface area contributed by atoms with E-state index in [0.717, 1.165) is 25.7 Å². The summed E-state index contributed by atoms with van der Waals surface area (Å²) in [7, 11) is -3.42. The summed E-state index contributed by atoms with van der Waals surface area (Å²) in [6.45, 7) is 3.26. The first kappa shape index (κ1) is 14.7. The third-order valence-corrected chi connectivity index (χ3v) is 6.22. The first-order valence-corrected chi connectivity index (χ1v) is 9.07.